The molecule has 0 saturated carbocycles. The topological polar surface area (TPSA) is 54.9 Å². The quantitative estimate of drug-likeness (QED) is 0.708. The fraction of sp³-hybridized carbons (Fsp3) is 0.150. The standard InChI is InChI=1S/C20H19N3OS/c24-19(15-25-14-16-5-4-10-22-13-16)23-20(17-6-2-1-3-7-17)18-8-11-21-12-9-18/h1-13,20H,14-15H2,(H,23,24). The first-order valence-corrected chi connectivity index (χ1v) is 9.19. The van der Waals surface area contributed by atoms with Crippen molar-refractivity contribution in [1.82, 2.24) is 15.3 Å². The van der Waals surface area contributed by atoms with Gasteiger partial charge in [0.05, 0.1) is 11.8 Å². The number of rotatable bonds is 7. The number of hydrogen-bond acceptors (Lipinski definition) is 4. The second kappa shape index (κ2) is 8.99. The van der Waals surface area contributed by atoms with Crippen molar-refractivity contribution in [2.75, 3.05) is 5.75 Å². The zero-order valence-electron chi connectivity index (χ0n) is 13.7. The Bertz CT molecular complexity index is 742. The average Bonchev–Trinajstić information content (AvgIpc) is 2.68. The number of benzene rings is 1. The van der Waals surface area contributed by atoms with Gasteiger partial charge in [0, 0.05) is 30.5 Å². The van der Waals surface area contributed by atoms with Gasteiger partial charge in [0.2, 0.25) is 5.91 Å². The van der Waals surface area contributed by atoms with Crippen molar-refractivity contribution in [3.8, 4) is 0 Å². The lowest BCUT2D eigenvalue weighted by atomic mass is 10.00. The van der Waals surface area contributed by atoms with Crippen LogP contribution in [0.2, 0.25) is 0 Å². The van der Waals surface area contributed by atoms with Crippen molar-refractivity contribution in [2.45, 2.75) is 11.8 Å². The van der Waals surface area contributed by atoms with E-state index in [1.807, 2.05) is 60.8 Å². The predicted octanol–water partition coefficient (Wildman–Crippen LogP) is 3.62. The summed E-state index contributed by atoms with van der Waals surface area (Å²) in [5, 5.41) is 3.13. The van der Waals surface area contributed by atoms with Gasteiger partial charge in [0.1, 0.15) is 0 Å². The van der Waals surface area contributed by atoms with E-state index in [-0.39, 0.29) is 11.9 Å². The largest absolute Gasteiger partial charge is 0.344 e. The molecular formula is C20H19N3OS. The number of nitrogens with one attached hydrogen (secondary N) is 1. The molecule has 0 aliphatic heterocycles. The second-order valence-corrected chi connectivity index (χ2v) is 6.53. The molecule has 0 radical (unpaired) electrons. The molecule has 3 aromatic rings. The molecule has 0 saturated heterocycles. The molecule has 5 heteroatoms. The summed E-state index contributed by atoms with van der Waals surface area (Å²) in [6.45, 7) is 0. The van der Waals surface area contributed by atoms with E-state index in [2.05, 4.69) is 15.3 Å². The van der Waals surface area contributed by atoms with Gasteiger partial charge in [0.15, 0.2) is 0 Å². The Morgan fingerprint density at radius 2 is 1.68 bits per heavy atom. The molecule has 0 aliphatic carbocycles. The molecule has 1 N–H and O–H groups in total. The minimum Gasteiger partial charge on any atom is -0.344 e. The maximum absolute atomic E-state index is 12.4. The van der Waals surface area contributed by atoms with Crippen molar-refractivity contribution < 1.29 is 4.79 Å². The molecule has 1 amide bonds. The number of aromatic nitrogens is 2. The van der Waals surface area contributed by atoms with Gasteiger partial charge in [-0.15, -0.1) is 11.8 Å². The minimum absolute atomic E-state index is 0.0135. The van der Waals surface area contributed by atoms with Crippen molar-refractivity contribution in [3.63, 3.8) is 0 Å². The Hall–Kier alpha value is -2.66. The summed E-state index contributed by atoms with van der Waals surface area (Å²) >= 11 is 1.58. The van der Waals surface area contributed by atoms with Crippen LogP contribution in [-0.4, -0.2) is 21.6 Å². The zero-order valence-corrected chi connectivity index (χ0v) is 14.5. The van der Waals surface area contributed by atoms with Crippen molar-refractivity contribution >= 4 is 17.7 Å². The molecule has 1 aromatic carbocycles. The van der Waals surface area contributed by atoms with E-state index < -0.39 is 0 Å². The first-order chi connectivity index (χ1) is 12.3. The highest BCUT2D eigenvalue weighted by Gasteiger charge is 2.16. The Labute approximate surface area is 151 Å². The van der Waals surface area contributed by atoms with E-state index in [0.717, 1.165) is 22.4 Å². The monoisotopic (exact) mass is 349 g/mol. The lowest BCUT2D eigenvalue weighted by Crippen LogP contribution is -2.30. The maximum atomic E-state index is 12.4. The SMILES string of the molecule is O=C(CSCc1cccnc1)NC(c1ccccc1)c1ccncc1. The zero-order chi connectivity index (χ0) is 17.3. The highest BCUT2D eigenvalue weighted by molar-refractivity contribution is 7.99. The summed E-state index contributed by atoms with van der Waals surface area (Å²) in [6.07, 6.45) is 7.07. The molecule has 0 fully saturated rings. The molecule has 3 rings (SSSR count). The third-order valence-corrected chi connectivity index (χ3v) is 4.71. The number of carbonyl (C=O) groups excluding carboxylic acids is 1. The van der Waals surface area contributed by atoms with Crippen molar-refractivity contribution in [2.24, 2.45) is 0 Å². The number of amides is 1. The Kier molecular flexibility index (Phi) is 6.17. The highest BCUT2D eigenvalue weighted by atomic mass is 32.2. The van der Waals surface area contributed by atoms with Crippen LogP contribution >= 0.6 is 11.8 Å². The highest BCUT2D eigenvalue weighted by Crippen LogP contribution is 2.21. The van der Waals surface area contributed by atoms with E-state index in [0.29, 0.717) is 5.75 Å². The van der Waals surface area contributed by atoms with E-state index in [9.17, 15) is 4.79 Å². The van der Waals surface area contributed by atoms with Crippen LogP contribution < -0.4 is 5.32 Å². The third-order valence-electron chi connectivity index (χ3n) is 3.70. The van der Waals surface area contributed by atoms with Crippen LogP contribution in [0, 0.1) is 0 Å². The first-order valence-electron chi connectivity index (χ1n) is 8.04. The van der Waals surface area contributed by atoms with Crippen molar-refractivity contribution in [3.05, 3.63) is 96.1 Å². The van der Waals surface area contributed by atoms with Crippen LogP contribution in [-0.2, 0) is 10.5 Å². The molecule has 2 aromatic heterocycles. The molecular weight excluding hydrogens is 330 g/mol. The van der Waals surface area contributed by atoms with E-state index in [1.165, 1.54) is 0 Å². The first kappa shape index (κ1) is 17.2. The van der Waals surface area contributed by atoms with Crippen molar-refractivity contribution in [1.29, 1.82) is 0 Å². The van der Waals surface area contributed by atoms with Gasteiger partial charge < -0.3 is 5.32 Å². The van der Waals surface area contributed by atoms with E-state index >= 15 is 0 Å². The van der Waals surface area contributed by atoms with E-state index in [4.69, 9.17) is 0 Å². The van der Waals surface area contributed by atoms with Crippen LogP contribution in [0.25, 0.3) is 0 Å². The lowest BCUT2D eigenvalue weighted by molar-refractivity contribution is -0.119. The number of hydrogen-bond donors (Lipinski definition) is 1. The molecule has 4 nitrogen and oxygen atoms in total. The third kappa shape index (κ3) is 5.16. The van der Waals surface area contributed by atoms with Crippen LogP contribution in [0.4, 0.5) is 0 Å². The molecule has 0 aliphatic rings. The van der Waals surface area contributed by atoms with Crippen LogP contribution in [0.1, 0.15) is 22.7 Å². The van der Waals surface area contributed by atoms with Crippen LogP contribution in [0.15, 0.2) is 79.4 Å². The molecule has 1 unspecified atom stereocenters. The van der Waals surface area contributed by atoms with Crippen LogP contribution in [0.5, 0.6) is 0 Å². The normalized spacial score (nSPS) is 11.7. The summed E-state index contributed by atoms with van der Waals surface area (Å²) < 4.78 is 0. The Morgan fingerprint density at radius 3 is 2.40 bits per heavy atom. The summed E-state index contributed by atoms with van der Waals surface area (Å²) in [5.74, 6) is 1.19. The second-order valence-electron chi connectivity index (χ2n) is 5.55. The van der Waals surface area contributed by atoms with Crippen LogP contribution in [0.3, 0.4) is 0 Å². The summed E-state index contributed by atoms with van der Waals surface area (Å²) in [4.78, 5) is 20.6. The average molecular weight is 349 g/mol. The lowest BCUT2D eigenvalue weighted by Gasteiger charge is -2.19. The predicted molar refractivity (Wildman–Crippen MR) is 101 cm³/mol. The molecule has 126 valence electrons. The number of nitrogens with zero attached hydrogens (tertiary/aromatic N) is 2. The van der Waals surface area contributed by atoms with Gasteiger partial charge in [-0.1, -0.05) is 36.4 Å². The summed E-state index contributed by atoms with van der Waals surface area (Å²) in [5.41, 5.74) is 3.19. The molecule has 0 spiro atoms. The van der Waals surface area contributed by atoms with Gasteiger partial charge in [-0.05, 0) is 34.9 Å². The number of carbonyl (C=O) groups is 1. The molecule has 1 atom stereocenters. The maximum Gasteiger partial charge on any atom is 0.230 e. The fourth-order valence-electron chi connectivity index (χ4n) is 2.51. The molecule has 25 heavy (non-hydrogen) atoms. The fourth-order valence-corrected chi connectivity index (χ4v) is 3.29. The van der Waals surface area contributed by atoms with Gasteiger partial charge in [-0.25, -0.2) is 0 Å². The summed E-state index contributed by atoms with van der Waals surface area (Å²) in [7, 11) is 0. The Balaban J connectivity index is 1.63. The van der Waals surface area contributed by atoms with E-state index in [1.54, 1.807) is 30.4 Å². The van der Waals surface area contributed by atoms with Gasteiger partial charge in [0.25, 0.3) is 0 Å². The van der Waals surface area contributed by atoms with Gasteiger partial charge >= 0.3 is 0 Å². The number of thioether (sulfide) groups is 1. The Morgan fingerprint density at radius 1 is 0.920 bits per heavy atom. The molecule has 2 heterocycles. The smallest absolute Gasteiger partial charge is 0.230 e. The number of pyridine rings is 2. The van der Waals surface area contributed by atoms with Gasteiger partial charge in [-0.2, -0.15) is 0 Å². The summed E-state index contributed by atoms with van der Waals surface area (Å²) in [6, 6.07) is 17.6. The minimum atomic E-state index is -0.171. The molecule has 0 bridgehead atoms. The van der Waals surface area contributed by atoms with Gasteiger partial charge in [-0.3, -0.25) is 14.8 Å².